The van der Waals surface area contributed by atoms with Crippen LogP contribution < -0.4 is 5.32 Å². The Kier molecular flexibility index (Phi) is 9.12. The van der Waals surface area contributed by atoms with Gasteiger partial charge in [-0.1, -0.05) is 73.3 Å². The lowest BCUT2D eigenvalue weighted by Gasteiger charge is -2.55. The lowest BCUT2D eigenvalue weighted by atomic mass is 9.51. The van der Waals surface area contributed by atoms with Crippen molar-refractivity contribution in [1.82, 2.24) is 0 Å². The standard InChI is InChI=1S/C33H33NO8/c1-2-27(35)41-20-18-39-16-17-40-19-21-42-33-25-14-8-6-12-23(25)28(24-13-7-9-15-26(24)33)29(30(33)32(37)38)31(36)34-22-10-4-3-5-11-22/h2-15,28-30H,1,16-21H2,(H,34,36)(H,37,38). The van der Waals surface area contributed by atoms with E-state index in [1.807, 2.05) is 66.7 Å². The fraction of sp³-hybridized carbons (Fsp3) is 0.303. The van der Waals surface area contributed by atoms with Crippen LogP contribution in [0.4, 0.5) is 5.69 Å². The number of anilines is 1. The van der Waals surface area contributed by atoms with Crippen LogP contribution in [0.5, 0.6) is 0 Å². The van der Waals surface area contributed by atoms with Gasteiger partial charge in [0.15, 0.2) is 0 Å². The van der Waals surface area contributed by atoms with Crippen LogP contribution in [-0.2, 0) is 38.9 Å². The number of carbonyl (C=O) groups is 3. The fourth-order valence-electron chi connectivity index (χ4n) is 6.16. The van der Waals surface area contributed by atoms with Crippen molar-refractivity contribution in [2.75, 3.05) is 45.0 Å². The second kappa shape index (κ2) is 13.1. The molecule has 0 radical (unpaired) electrons. The fourth-order valence-corrected chi connectivity index (χ4v) is 6.16. The Balaban J connectivity index is 1.37. The number of rotatable bonds is 14. The van der Waals surface area contributed by atoms with E-state index in [-0.39, 0.29) is 45.5 Å². The van der Waals surface area contributed by atoms with Crippen LogP contribution in [0.3, 0.4) is 0 Å². The van der Waals surface area contributed by atoms with Crippen LogP contribution in [0.15, 0.2) is 91.5 Å². The van der Waals surface area contributed by atoms with Crippen LogP contribution in [0.1, 0.15) is 28.2 Å². The van der Waals surface area contributed by atoms with Gasteiger partial charge in [-0.05, 0) is 34.4 Å². The second-order valence-electron chi connectivity index (χ2n) is 10.0. The lowest BCUT2D eigenvalue weighted by molar-refractivity contribution is -0.170. The Labute approximate surface area is 244 Å². The Morgan fingerprint density at radius 1 is 0.786 bits per heavy atom. The van der Waals surface area contributed by atoms with Crippen molar-refractivity contribution in [3.63, 3.8) is 0 Å². The van der Waals surface area contributed by atoms with Crippen LogP contribution in [0, 0.1) is 11.8 Å². The first-order valence-corrected chi connectivity index (χ1v) is 13.8. The summed E-state index contributed by atoms with van der Waals surface area (Å²) in [5.74, 6) is -4.54. The van der Waals surface area contributed by atoms with Crippen molar-refractivity contribution in [3.8, 4) is 0 Å². The minimum atomic E-state index is -1.40. The molecule has 0 saturated carbocycles. The maximum Gasteiger partial charge on any atom is 0.330 e. The van der Waals surface area contributed by atoms with Crippen LogP contribution in [0.25, 0.3) is 0 Å². The minimum Gasteiger partial charge on any atom is -0.481 e. The number of hydrogen-bond acceptors (Lipinski definition) is 7. The summed E-state index contributed by atoms with van der Waals surface area (Å²) in [6.45, 7) is 4.49. The SMILES string of the molecule is C=CC(=O)OCCOCCOCCOC12c3ccccc3C(c3ccccc31)C(C(=O)Nc1ccccc1)C2C(=O)O. The van der Waals surface area contributed by atoms with Crippen molar-refractivity contribution in [3.05, 3.63) is 114 Å². The monoisotopic (exact) mass is 571 g/mol. The van der Waals surface area contributed by atoms with E-state index in [1.165, 1.54) is 0 Å². The number of carboxylic acids is 1. The van der Waals surface area contributed by atoms with Gasteiger partial charge in [0.1, 0.15) is 18.1 Å². The average molecular weight is 572 g/mol. The molecule has 2 bridgehead atoms. The molecule has 0 heterocycles. The van der Waals surface area contributed by atoms with Gasteiger partial charge in [-0.3, -0.25) is 9.59 Å². The molecular formula is C33H33NO8. The summed E-state index contributed by atoms with van der Waals surface area (Å²) in [5, 5.41) is 13.7. The van der Waals surface area contributed by atoms with Crippen LogP contribution in [-0.4, -0.2) is 62.6 Å². The molecule has 3 aliphatic rings. The summed E-state index contributed by atoms with van der Waals surface area (Å²) >= 11 is 0. The normalized spacial score (nSPS) is 21.6. The highest BCUT2D eigenvalue weighted by molar-refractivity contribution is 5.98. The zero-order valence-electron chi connectivity index (χ0n) is 23.1. The molecule has 0 aliphatic heterocycles. The first kappa shape index (κ1) is 29.2. The van der Waals surface area contributed by atoms with Gasteiger partial charge in [-0.25, -0.2) is 4.79 Å². The van der Waals surface area contributed by atoms with Gasteiger partial charge in [0.25, 0.3) is 0 Å². The molecule has 3 aromatic rings. The Morgan fingerprint density at radius 3 is 1.93 bits per heavy atom. The molecule has 0 aromatic heterocycles. The molecule has 42 heavy (non-hydrogen) atoms. The predicted molar refractivity (Wildman–Crippen MR) is 154 cm³/mol. The Morgan fingerprint density at radius 2 is 1.33 bits per heavy atom. The van der Waals surface area contributed by atoms with Gasteiger partial charge in [0.2, 0.25) is 5.91 Å². The van der Waals surface area contributed by atoms with Crippen LogP contribution >= 0.6 is 0 Å². The van der Waals surface area contributed by atoms with Crippen molar-refractivity contribution in [1.29, 1.82) is 0 Å². The molecule has 218 valence electrons. The van der Waals surface area contributed by atoms with E-state index in [0.29, 0.717) is 5.69 Å². The summed E-state index contributed by atoms with van der Waals surface area (Å²) < 4.78 is 22.6. The molecule has 0 saturated heterocycles. The molecule has 1 amide bonds. The van der Waals surface area contributed by atoms with E-state index in [2.05, 4.69) is 11.9 Å². The van der Waals surface area contributed by atoms with Crippen molar-refractivity contribution in [2.24, 2.45) is 11.8 Å². The maximum atomic E-state index is 13.9. The van der Waals surface area contributed by atoms with Crippen molar-refractivity contribution >= 4 is 23.5 Å². The van der Waals surface area contributed by atoms with Crippen molar-refractivity contribution in [2.45, 2.75) is 11.5 Å². The average Bonchev–Trinajstić information content (AvgIpc) is 3.01. The van der Waals surface area contributed by atoms with Crippen LogP contribution in [0.2, 0.25) is 0 Å². The van der Waals surface area contributed by atoms with Crippen molar-refractivity contribution < 1.29 is 38.4 Å². The number of esters is 1. The molecule has 2 unspecified atom stereocenters. The smallest absolute Gasteiger partial charge is 0.330 e. The number of carbonyl (C=O) groups excluding carboxylic acids is 2. The molecule has 6 rings (SSSR count). The van der Waals surface area contributed by atoms with E-state index in [0.717, 1.165) is 28.3 Å². The van der Waals surface area contributed by atoms with Gasteiger partial charge in [-0.15, -0.1) is 0 Å². The highest BCUT2D eigenvalue weighted by Crippen LogP contribution is 2.62. The van der Waals surface area contributed by atoms with E-state index in [1.54, 1.807) is 12.1 Å². The number of ether oxygens (including phenoxy) is 4. The topological polar surface area (TPSA) is 120 Å². The molecule has 2 N–H and O–H groups in total. The summed E-state index contributed by atoms with van der Waals surface area (Å²) in [5.41, 5.74) is 2.46. The second-order valence-corrected chi connectivity index (χ2v) is 10.0. The van der Waals surface area contributed by atoms with E-state index < -0.39 is 35.3 Å². The third-order valence-electron chi connectivity index (χ3n) is 7.73. The number of nitrogens with one attached hydrogen (secondary N) is 1. The molecule has 0 spiro atoms. The number of aliphatic carboxylic acids is 1. The zero-order chi connectivity index (χ0) is 29.5. The first-order valence-electron chi connectivity index (χ1n) is 13.8. The molecule has 9 nitrogen and oxygen atoms in total. The molecule has 0 fully saturated rings. The molecular weight excluding hydrogens is 538 g/mol. The molecule has 9 heteroatoms. The summed E-state index contributed by atoms with van der Waals surface area (Å²) in [6, 6.07) is 24.3. The molecule has 2 atom stereocenters. The third kappa shape index (κ3) is 5.59. The molecule has 3 aliphatic carbocycles. The Bertz CT molecular complexity index is 1390. The van der Waals surface area contributed by atoms with Gasteiger partial charge < -0.3 is 29.4 Å². The molecule has 3 aromatic carbocycles. The van der Waals surface area contributed by atoms with Gasteiger partial charge >= 0.3 is 11.9 Å². The Hall–Kier alpha value is -4.31. The quantitative estimate of drug-likeness (QED) is 0.168. The largest absolute Gasteiger partial charge is 0.481 e. The van der Waals surface area contributed by atoms with E-state index in [4.69, 9.17) is 18.9 Å². The number of hydrogen-bond donors (Lipinski definition) is 2. The first-order chi connectivity index (χ1) is 20.5. The highest BCUT2D eigenvalue weighted by atomic mass is 16.6. The lowest BCUT2D eigenvalue weighted by Crippen LogP contribution is -2.59. The minimum absolute atomic E-state index is 0.0844. The van der Waals surface area contributed by atoms with E-state index >= 15 is 0 Å². The highest BCUT2D eigenvalue weighted by Gasteiger charge is 2.64. The van der Waals surface area contributed by atoms with Gasteiger partial charge in [0.05, 0.1) is 39.0 Å². The van der Waals surface area contributed by atoms with Gasteiger partial charge in [0, 0.05) is 17.7 Å². The summed E-state index contributed by atoms with van der Waals surface area (Å²) in [4.78, 5) is 38.1. The summed E-state index contributed by atoms with van der Waals surface area (Å²) in [7, 11) is 0. The number of benzene rings is 3. The third-order valence-corrected chi connectivity index (χ3v) is 7.73. The predicted octanol–water partition coefficient (Wildman–Crippen LogP) is 4.12. The van der Waals surface area contributed by atoms with E-state index in [9.17, 15) is 19.5 Å². The number of fused-ring (bicyclic) bond motifs is 1. The number of para-hydroxylation sites is 1. The zero-order valence-corrected chi connectivity index (χ0v) is 23.1. The number of carboxylic acid groups (broad SMARTS) is 1. The maximum absolute atomic E-state index is 13.9. The number of amides is 1. The summed E-state index contributed by atoms with van der Waals surface area (Å²) in [6.07, 6.45) is 1.09. The van der Waals surface area contributed by atoms with Gasteiger partial charge in [-0.2, -0.15) is 0 Å².